The van der Waals surface area contributed by atoms with Gasteiger partial charge in [0, 0.05) is 6.04 Å². The molecule has 0 aliphatic heterocycles. The van der Waals surface area contributed by atoms with Gasteiger partial charge < -0.3 is 10.3 Å². The van der Waals surface area contributed by atoms with Crippen LogP contribution in [0.1, 0.15) is 35.8 Å². The summed E-state index contributed by atoms with van der Waals surface area (Å²) in [6.07, 6.45) is -2.59. The molecule has 104 valence electrons. The molecule has 0 aromatic carbocycles. The van der Waals surface area contributed by atoms with Gasteiger partial charge in [-0.2, -0.15) is 13.2 Å². The van der Waals surface area contributed by atoms with E-state index in [0.29, 0.717) is 12.0 Å². The predicted molar refractivity (Wildman–Crippen MR) is 61.7 cm³/mol. The van der Waals surface area contributed by atoms with Gasteiger partial charge in [0.25, 0.3) is 11.5 Å². The van der Waals surface area contributed by atoms with Gasteiger partial charge in [0.1, 0.15) is 11.3 Å². The van der Waals surface area contributed by atoms with Crippen molar-refractivity contribution in [2.24, 2.45) is 5.92 Å². The summed E-state index contributed by atoms with van der Waals surface area (Å²) in [7, 11) is 0. The smallest absolute Gasteiger partial charge is 0.349 e. The number of halogens is 3. The first kappa shape index (κ1) is 13.6. The first-order valence-corrected chi connectivity index (χ1v) is 5.90. The minimum Gasteiger partial charge on any atom is -0.349 e. The molecule has 1 aliphatic rings. The van der Waals surface area contributed by atoms with E-state index >= 15 is 0 Å². The third kappa shape index (κ3) is 3.15. The van der Waals surface area contributed by atoms with Crippen molar-refractivity contribution < 1.29 is 18.0 Å². The molecule has 4 nitrogen and oxygen atoms in total. The fourth-order valence-corrected chi connectivity index (χ4v) is 1.82. The van der Waals surface area contributed by atoms with Crippen LogP contribution in [0.5, 0.6) is 0 Å². The number of rotatable bonds is 3. The standard InChI is InChI=1S/C12H13F3N2O2/c1-6(7-2-3-7)16-10(18)8-4-5-9(12(13,14)15)17-11(8)19/h4-7H,2-3H2,1H3,(H,16,18)(H,17,19)/t6-/m1/s1. The highest BCUT2D eigenvalue weighted by molar-refractivity contribution is 5.94. The Labute approximate surface area is 107 Å². The van der Waals surface area contributed by atoms with Crippen molar-refractivity contribution >= 4 is 5.91 Å². The molecule has 0 unspecified atom stereocenters. The molecule has 0 spiro atoms. The minimum atomic E-state index is -4.63. The molecular weight excluding hydrogens is 261 g/mol. The Morgan fingerprint density at radius 2 is 2.05 bits per heavy atom. The molecule has 7 heteroatoms. The Hall–Kier alpha value is -1.79. The molecule has 19 heavy (non-hydrogen) atoms. The molecule has 1 aromatic rings. The van der Waals surface area contributed by atoms with Gasteiger partial charge in [-0.1, -0.05) is 0 Å². The molecule has 0 radical (unpaired) electrons. The normalized spacial score (nSPS) is 17.1. The van der Waals surface area contributed by atoms with Crippen molar-refractivity contribution in [1.29, 1.82) is 0 Å². The number of carbonyl (C=O) groups is 1. The lowest BCUT2D eigenvalue weighted by atomic mass is 10.2. The molecule has 0 bridgehead atoms. The Morgan fingerprint density at radius 3 is 2.53 bits per heavy atom. The van der Waals surface area contributed by atoms with Gasteiger partial charge in [0.15, 0.2) is 0 Å². The molecule has 2 N–H and O–H groups in total. The van der Waals surface area contributed by atoms with Crippen LogP contribution >= 0.6 is 0 Å². The summed E-state index contributed by atoms with van der Waals surface area (Å²) in [5, 5.41) is 2.62. The van der Waals surface area contributed by atoms with Crippen LogP contribution in [0.4, 0.5) is 13.2 Å². The first-order valence-electron chi connectivity index (χ1n) is 5.90. The average Bonchev–Trinajstić information content (AvgIpc) is 3.10. The monoisotopic (exact) mass is 274 g/mol. The maximum Gasteiger partial charge on any atom is 0.431 e. The van der Waals surface area contributed by atoms with Gasteiger partial charge in [0.2, 0.25) is 0 Å². The molecule has 0 saturated heterocycles. The van der Waals surface area contributed by atoms with E-state index in [-0.39, 0.29) is 11.6 Å². The van der Waals surface area contributed by atoms with Crippen molar-refractivity contribution in [2.75, 3.05) is 0 Å². The average molecular weight is 274 g/mol. The fraction of sp³-hybridized carbons (Fsp3) is 0.500. The Morgan fingerprint density at radius 1 is 1.42 bits per heavy atom. The highest BCUT2D eigenvalue weighted by atomic mass is 19.4. The maximum absolute atomic E-state index is 12.4. The van der Waals surface area contributed by atoms with E-state index < -0.39 is 23.3 Å². The number of carbonyl (C=O) groups excluding carboxylic acids is 1. The summed E-state index contributed by atoms with van der Waals surface area (Å²) in [5.74, 6) is -0.244. The zero-order chi connectivity index (χ0) is 14.2. The summed E-state index contributed by atoms with van der Waals surface area (Å²) in [4.78, 5) is 24.9. The van der Waals surface area contributed by atoms with E-state index in [2.05, 4.69) is 5.32 Å². The Kier molecular flexibility index (Phi) is 3.38. The van der Waals surface area contributed by atoms with Gasteiger partial charge in [-0.3, -0.25) is 9.59 Å². The zero-order valence-corrected chi connectivity index (χ0v) is 10.2. The van der Waals surface area contributed by atoms with Crippen LogP contribution in [-0.2, 0) is 6.18 Å². The van der Waals surface area contributed by atoms with Crippen LogP contribution < -0.4 is 10.9 Å². The summed E-state index contributed by atoms with van der Waals surface area (Å²) in [5.41, 5.74) is -2.50. The summed E-state index contributed by atoms with van der Waals surface area (Å²) < 4.78 is 37.1. The summed E-state index contributed by atoms with van der Waals surface area (Å²) in [6, 6.07) is 1.52. The predicted octanol–water partition coefficient (Wildman–Crippen LogP) is 1.92. The molecule has 1 atom stereocenters. The molecule has 1 aliphatic carbocycles. The highest BCUT2D eigenvalue weighted by Gasteiger charge is 2.33. The number of H-pyrrole nitrogens is 1. The second-order valence-corrected chi connectivity index (χ2v) is 4.71. The molecule has 2 rings (SSSR count). The topological polar surface area (TPSA) is 62.0 Å². The second kappa shape index (κ2) is 4.71. The van der Waals surface area contributed by atoms with E-state index in [1.54, 1.807) is 4.98 Å². The Bertz CT molecular complexity index is 547. The molecule has 1 amide bonds. The molecule has 1 heterocycles. The van der Waals surface area contributed by atoms with Crippen molar-refractivity contribution in [2.45, 2.75) is 32.0 Å². The third-order valence-corrected chi connectivity index (χ3v) is 3.15. The number of aromatic amines is 1. The number of nitrogens with one attached hydrogen (secondary N) is 2. The lowest BCUT2D eigenvalue weighted by Crippen LogP contribution is -2.37. The highest BCUT2D eigenvalue weighted by Crippen LogP contribution is 2.32. The molecule has 1 aromatic heterocycles. The van der Waals surface area contributed by atoms with Gasteiger partial charge in [-0.15, -0.1) is 0 Å². The Balaban J connectivity index is 2.16. The minimum absolute atomic E-state index is 0.0748. The number of amides is 1. The zero-order valence-electron chi connectivity index (χ0n) is 10.2. The van der Waals surface area contributed by atoms with Crippen molar-refractivity contribution in [1.82, 2.24) is 10.3 Å². The number of alkyl halides is 3. The number of hydrogen-bond donors (Lipinski definition) is 2. The quantitative estimate of drug-likeness (QED) is 0.884. The SMILES string of the molecule is C[C@@H](NC(=O)c1ccc(C(F)(F)F)[nH]c1=O)C1CC1. The van der Waals surface area contributed by atoms with Crippen molar-refractivity contribution in [3.63, 3.8) is 0 Å². The molecule has 1 saturated carbocycles. The second-order valence-electron chi connectivity index (χ2n) is 4.71. The first-order chi connectivity index (χ1) is 8.79. The lowest BCUT2D eigenvalue weighted by molar-refractivity contribution is -0.141. The number of aromatic nitrogens is 1. The van der Waals surface area contributed by atoms with Gasteiger partial charge >= 0.3 is 6.18 Å². The van der Waals surface area contributed by atoms with Gasteiger partial charge in [-0.05, 0) is 37.8 Å². The van der Waals surface area contributed by atoms with E-state index in [1.807, 2.05) is 6.92 Å². The van der Waals surface area contributed by atoms with Crippen LogP contribution in [0, 0.1) is 5.92 Å². The summed E-state index contributed by atoms with van der Waals surface area (Å²) in [6.45, 7) is 1.81. The molecule has 1 fully saturated rings. The van der Waals surface area contributed by atoms with Crippen molar-refractivity contribution in [3.8, 4) is 0 Å². The molecular formula is C12H13F3N2O2. The van der Waals surface area contributed by atoms with Crippen LogP contribution in [0.2, 0.25) is 0 Å². The van der Waals surface area contributed by atoms with Crippen LogP contribution in [0.25, 0.3) is 0 Å². The van der Waals surface area contributed by atoms with E-state index in [0.717, 1.165) is 18.9 Å². The maximum atomic E-state index is 12.4. The lowest BCUT2D eigenvalue weighted by Gasteiger charge is -2.12. The van der Waals surface area contributed by atoms with E-state index in [1.165, 1.54) is 0 Å². The third-order valence-electron chi connectivity index (χ3n) is 3.15. The number of pyridine rings is 1. The van der Waals surface area contributed by atoms with Gasteiger partial charge in [-0.25, -0.2) is 0 Å². The van der Waals surface area contributed by atoms with E-state index in [4.69, 9.17) is 0 Å². The van der Waals surface area contributed by atoms with Crippen LogP contribution in [-0.4, -0.2) is 16.9 Å². The number of hydrogen-bond acceptors (Lipinski definition) is 2. The van der Waals surface area contributed by atoms with E-state index in [9.17, 15) is 22.8 Å². The van der Waals surface area contributed by atoms with Gasteiger partial charge in [0.05, 0.1) is 0 Å². The summed E-state index contributed by atoms with van der Waals surface area (Å²) >= 11 is 0. The van der Waals surface area contributed by atoms with Crippen molar-refractivity contribution in [3.05, 3.63) is 33.7 Å². The fourth-order valence-electron chi connectivity index (χ4n) is 1.82. The van der Waals surface area contributed by atoms with Crippen LogP contribution in [0.3, 0.4) is 0 Å². The largest absolute Gasteiger partial charge is 0.431 e. The van der Waals surface area contributed by atoms with Crippen LogP contribution in [0.15, 0.2) is 16.9 Å².